The van der Waals surface area contributed by atoms with Gasteiger partial charge in [0.1, 0.15) is 19.7 Å². The number of ether oxygens (including phenoxy) is 1. The van der Waals surface area contributed by atoms with E-state index >= 15 is 0 Å². The predicted octanol–water partition coefficient (Wildman–Crippen LogP) is 6.73. The number of piperidine rings is 1. The van der Waals surface area contributed by atoms with Gasteiger partial charge in [0.05, 0.1) is 11.2 Å². The zero-order valence-electron chi connectivity index (χ0n) is 34.5. The first-order valence-electron chi connectivity index (χ1n) is 20.8. The fraction of sp³-hybridized carbons (Fsp3) is 0.250. The van der Waals surface area contributed by atoms with Crippen molar-refractivity contribution in [1.29, 1.82) is 0 Å². The minimum absolute atomic E-state index is 0.0550. The summed E-state index contributed by atoms with van der Waals surface area (Å²) >= 11 is 0. The van der Waals surface area contributed by atoms with Crippen molar-refractivity contribution in [2.75, 3.05) is 55.3 Å². The Balaban J connectivity index is 0.815. The van der Waals surface area contributed by atoms with Crippen LogP contribution in [0, 0.1) is 0 Å². The molecule has 1 aliphatic heterocycles. The molecule has 13 heteroatoms. The zero-order chi connectivity index (χ0) is 42.7. The van der Waals surface area contributed by atoms with Crippen LogP contribution in [0.5, 0.6) is 5.75 Å². The number of carbonyl (C=O) groups is 3. The minimum atomic E-state index is -0.474. The van der Waals surface area contributed by atoms with Gasteiger partial charge in [-0.25, -0.2) is 4.79 Å². The SMILES string of the molecule is B[C@@H](CNCCc1ccc(NC(=O)c2cccc(N(C)C(=O)CCN3CCC(OC(=O)Nc4ccccc4-c4ccccc4)CC3)c2)cc1)c1ccc(O)c2[nH]c(=O)ccc12. The molecule has 312 valence electrons. The lowest BCUT2D eigenvalue weighted by Gasteiger charge is -2.31. The summed E-state index contributed by atoms with van der Waals surface area (Å²) in [6.45, 7) is 3.49. The number of nitrogens with one attached hydrogen (secondary N) is 4. The molecule has 6 aromatic rings. The van der Waals surface area contributed by atoms with Crippen molar-refractivity contribution in [2.24, 2.45) is 0 Å². The lowest BCUT2D eigenvalue weighted by molar-refractivity contribution is -0.118. The van der Waals surface area contributed by atoms with E-state index in [2.05, 4.69) is 33.7 Å². The van der Waals surface area contributed by atoms with Crippen LogP contribution in [0.25, 0.3) is 22.0 Å². The molecular weight excluding hydrogens is 767 g/mol. The number of hydrogen-bond donors (Lipinski definition) is 5. The van der Waals surface area contributed by atoms with Gasteiger partial charge in [-0.1, -0.05) is 72.8 Å². The number of likely N-dealkylation sites (tertiary alicyclic amines) is 1. The quantitative estimate of drug-likeness (QED) is 0.0565. The maximum atomic E-state index is 13.3. The molecule has 1 saturated heterocycles. The van der Waals surface area contributed by atoms with Crippen molar-refractivity contribution < 1.29 is 24.2 Å². The number of aromatic nitrogens is 1. The Hall–Kier alpha value is -6.70. The molecule has 0 radical (unpaired) electrons. The fourth-order valence-corrected chi connectivity index (χ4v) is 7.73. The van der Waals surface area contributed by atoms with E-state index in [0.717, 1.165) is 47.2 Å². The van der Waals surface area contributed by atoms with Crippen LogP contribution in [0.1, 0.15) is 46.6 Å². The van der Waals surface area contributed by atoms with Crippen molar-refractivity contribution in [1.82, 2.24) is 15.2 Å². The number of phenols is 1. The third kappa shape index (κ3) is 11.1. The number of fused-ring (bicyclic) bond motifs is 1. The number of nitrogens with zero attached hydrogens (tertiary/aromatic N) is 2. The van der Waals surface area contributed by atoms with Crippen LogP contribution in [-0.4, -0.2) is 86.6 Å². The monoisotopic (exact) mass is 818 g/mol. The summed E-state index contributed by atoms with van der Waals surface area (Å²) in [7, 11) is 3.83. The van der Waals surface area contributed by atoms with Crippen LogP contribution in [-0.2, 0) is 16.0 Å². The summed E-state index contributed by atoms with van der Waals surface area (Å²) in [5, 5.41) is 20.4. The molecule has 0 unspecified atom stereocenters. The molecule has 0 aliphatic carbocycles. The Kier molecular flexibility index (Phi) is 13.9. The summed E-state index contributed by atoms with van der Waals surface area (Å²) in [6, 6.07) is 39.1. The number of aromatic amines is 1. The first-order chi connectivity index (χ1) is 29.6. The second-order valence-electron chi connectivity index (χ2n) is 15.5. The Morgan fingerprint density at radius 3 is 2.43 bits per heavy atom. The molecular formula is C48H51BN6O6. The van der Waals surface area contributed by atoms with Gasteiger partial charge in [0, 0.05) is 67.1 Å². The molecule has 12 nitrogen and oxygen atoms in total. The Labute approximate surface area is 356 Å². The highest BCUT2D eigenvalue weighted by Gasteiger charge is 2.24. The molecule has 5 N–H and O–H groups in total. The molecule has 0 saturated carbocycles. The van der Waals surface area contributed by atoms with Gasteiger partial charge in [-0.3, -0.25) is 19.7 Å². The number of benzene rings is 5. The Morgan fingerprint density at radius 2 is 1.64 bits per heavy atom. The molecule has 0 bridgehead atoms. The number of amides is 3. The number of aromatic hydroxyl groups is 1. The molecule has 1 aromatic heterocycles. The second-order valence-corrected chi connectivity index (χ2v) is 15.5. The number of pyridine rings is 1. The number of hydrogen-bond acceptors (Lipinski definition) is 8. The van der Waals surface area contributed by atoms with Gasteiger partial charge in [-0.05, 0) is 103 Å². The summed E-state index contributed by atoms with van der Waals surface area (Å²) in [5.41, 5.74) is 6.75. The zero-order valence-corrected chi connectivity index (χ0v) is 34.5. The van der Waals surface area contributed by atoms with Crippen LogP contribution in [0.2, 0.25) is 0 Å². The Bertz CT molecular complexity index is 2520. The molecule has 1 atom stereocenters. The third-order valence-corrected chi connectivity index (χ3v) is 11.3. The van der Waals surface area contributed by atoms with E-state index in [9.17, 15) is 24.3 Å². The van der Waals surface area contributed by atoms with Crippen molar-refractivity contribution in [3.63, 3.8) is 0 Å². The highest BCUT2D eigenvalue weighted by atomic mass is 16.6. The van der Waals surface area contributed by atoms with Gasteiger partial charge in [-0.2, -0.15) is 0 Å². The van der Waals surface area contributed by atoms with E-state index in [1.54, 1.807) is 42.3 Å². The van der Waals surface area contributed by atoms with Gasteiger partial charge >= 0.3 is 6.09 Å². The normalized spacial score (nSPS) is 13.7. The topological polar surface area (TPSA) is 156 Å². The minimum Gasteiger partial charge on any atom is -0.506 e. The lowest BCUT2D eigenvalue weighted by atomic mass is 9.79. The first-order valence-corrected chi connectivity index (χ1v) is 20.8. The first kappa shape index (κ1) is 42.4. The van der Waals surface area contributed by atoms with E-state index in [1.165, 1.54) is 6.07 Å². The van der Waals surface area contributed by atoms with Crippen molar-refractivity contribution in [3.05, 3.63) is 154 Å². The molecule has 61 heavy (non-hydrogen) atoms. The average Bonchev–Trinajstić information content (AvgIpc) is 3.28. The van der Waals surface area contributed by atoms with E-state index in [1.807, 2.05) is 91.0 Å². The molecule has 0 spiro atoms. The Morgan fingerprint density at radius 1 is 0.885 bits per heavy atom. The van der Waals surface area contributed by atoms with Crippen molar-refractivity contribution in [2.45, 2.75) is 37.6 Å². The molecule has 5 aromatic carbocycles. The molecule has 1 aliphatic rings. The number of anilines is 3. The van der Waals surface area contributed by atoms with Crippen LogP contribution >= 0.6 is 0 Å². The summed E-state index contributed by atoms with van der Waals surface area (Å²) in [6.07, 6.45) is 1.80. The largest absolute Gasteiger partial charge is 0.506 e. The standard InChI is InChI=1S/C48H51BN6O6/c1-54(45(58)25-29-55-27-23-37(24-28-55)61-48(60)52-42-13-6-5-12-38(42)33-8-3-2-4-9-33)36-11-7-10-34(30-36)47(59)51-35-16-14-32(15-17-35)22-26-50-31-41(49)39-18-20-43(56)46-40(39)19-21-44(57)53-46/h2-21,30,37,41,50,56H,22-29,31,49H2,1H3,(H,51,59)(H,52,60)(H,53,57)/t41-/m0/s1. The number of H-pyrrole nitrogens is 1. The van der Waals surface area contributed by atoms with Crippen LogP contribution in [0.4, 0.5) is 21.9 Å². The highest BCUT2D eigenvalue weighted by Crippen LogP contribution is 2.30. The number of rotatable bonds is 15. The van der Waals surface area contributed by atoms with Gasteiger partial charge in [0.25, 0.3) is 5.91 Å². The highest BCUT2D eigenvalue weighted by molar-refractivity contribution is 6.14. The third-order valence-electron chi connectivity index (χ3n) is 11.3. The maximum Gasteiger partial charge on any atom is 0.411 e. The number of phenolic OH excluding ortho intramolecular Hbond substituents is 1. The predicted molar refractivity (Wildman–Crippen MR) is 244 cm³/mol. The van der Waals surface area contributed by atoms with E-state index in [0.29, 0.717) is 67.0 Å². The van der Waals surface area contributed by atoms with Crippen LogP contribution < -0.4 is 26.4 Å². The van der Waals surface area contributed by atoms with Gasteiger partial charge in [0.15, 0.2) is 0 Å². The van der Waals surface area contributed by atoms with Gasteiger partial charge < -0.3 is 35.3 Å². The van der Waals surface area contributed by atoms with Gasteiger partial charge in [-0.15, -0.1) is 0 Å². The van der Waals surface area contributed by atoms with E-state index < -0.39 is 6.09 Å². The second kappa shape index (κ2) is 20.0. The van der Waals surface area contributed by atoms with Crippen molar-refractivity contribution >= 4 is 53.7 Å². The van der Waals surface area contributed by atoms with Crippen LogP contribution in [0.15, 0.2) is 132 Å². The molecule has 2 heterocycles. The van der Waals surface area contributed by atoms with Crippen molar-refractivity contribution in [3.8, 4) is 16.9 Å². The maximum absolute atomic E-state index is 13.3. The average molecular weight is 819 g/mol. The number of carbonyl (C=O) groups excluding carboxylic acids is 3. The smallest absolute Gasteiger partial charge is 0.411 e. The van der Waals surface area contributed by atoms with E-state index in [-0.39, 0.29) is 35.0 Å². The summed E-state index contributed by atoms with van der Waals surface area (Å²) in [5.74, 6) is -0.120. The lowest BCUT2D eigenvalue weighted by Crippen LogP contribution is -2.40. The summed E-state index contributed by atoms with van der Waals surface area (Å²) < 4.78 is 5.78. The number of para-hydroxylation sites is 1. The van der Waals surface area contributed by atoms with Crippen LogP contribution in [0.3, 0.4) is 0 Å². The fourth-order valence-electron chi connectivity index (χ4n) is 7.73. The molecule has 3 amide bonds. The molecule has 1 fully saturated rings. The molecule has 7 rings (SSSR count). The summed E-state index contributed by atoms with van der Waals surface area (Å²) in [4.78, 5) is 57.6. The van der Waals surface area contributed by atoms with Gasteiger partial charge in [0.2, 0.25) is 11.5 Å². The van der Waals surface area contributed by atoms with E-state index in [4.69, 9.17) is 4.74 Å².